The van der Waals surface area contributed by atoms with E-state index in [4.69, 9.17) is 4.74 Å². The molecule has 2 aromatic carbocycles. The first-order valence-electron chi connectivity index (χ1n) is 10.6. The molecule has 0 saturated carbocycles. The summed E-state index contributed by atoms with van der Waals surface area (Å²) < 4.78 is 20.1. The molecule has 6 nitrogen and oxygen atoms in total. The molecule has 2 aliphatic heterocycles. The van der Waals surface area contributed by atoms with Gasteiger partial charge in [0.1, 0.15) is 24.7 Å². The van der Waals surface area contributed by atoms with Gasteiger partial charge < -0.3 is 9.64 Å². The largest absolute Gasteiger partial charge is 0.488 e. The summed E-state index contributed by atoms with van der Waals surface area (Å²) in [7, 11) is 0. The van der Waals surface area contributed by atoms with Crippen LogP contribution >= 0.6 is 27.7 Å². The number of piperidine rings is 1. The molecule has 0 aromatic heterocycles. The first-order valence-corrected chi connectivity index (χ1v) is 12.2. The number of likely N-dealkylation sites (tertiary alicyclic amines) is 1. The molecule has 2 aromatic rings. The molecule has 3 amide bonds. The number of imide groups is 1. The highest BCUT2D eigenvalue weighted by Gasteiger charge is 2.37. The number of hydrogen-bond acceptors (Lipinski definition) is 5. The Morgan fingerprint density at radius 3 is 2.61 bits per heavy atom. The van der Waals surface area contributed by atoms with Crippen LogP contribution in [0.1, 0.15) is 30.4 Å². The highest BCUT2D eigenvalue weighted by molar-refractivity contribution is 9.10. The van der Waals surface area contributed by atoms with Crippen molar-refractivity contribution >= 4 is 50.8 Å². The lowest BCUT2D eigenvalue weighted by Gasteiger charge is -2.27. The van der Waals surface area contributed by atoms with Gasteiger partial charge in [-0.3, -0.25) is 19.3 Å². The number of benzene rings is 2. The quantitative estimate of drug-likeness (QED) is 0.477. The molecule has 172 valence electrons. The second kappa shape index (κ2) is 10.5. The minimum Gasteiger partial charge on any atom is -0.488 e. The molecule has 9 heteroatoms. The van der Waals surface area contributed by atoms with Crippen LogP contribution in [0.4, 0.5) is 9.18 Å². The summed E-state index contributed by atoms with van der Waals surface area (Å²) in [5.74, 6) is -0.473. The van der Waals surface area contributed by atoms with E-state index in [1.54, 1.807) is 47.4 Å². The van der Waals surface area contributed by atoms with Gasteiger partial charge in [-0.1, -0.05) is 24.3 Å². The number of amides is 3. The third-order valence-corrected chi connectivity index (χ3v) is 7.00. The standard InChI is InChI=1S/C24H22BrFN2O4S/c25-18-12-16(8-9-20(18)32-15-17-6-2-3-7-19(17)26)13-21-23(30)28(24(31)33-21)14-22(29)27-10-4-1-5-11-27/h2-3,6-9,12-13H,1,4-5,10-11,14-15H2/b21-13-. The van der Waals surface area contributed by atoms with Crippen molar-refractivity contribution in [3.63, 3.8) is 0 Å². The van der Waals surface area contributed by atoms with E-state index < -0.39 is 11.1 Å². The average molecular weight is 533 g/mol. The minimum atomic E-state index is -0.466. The Bertz CT molecular complexity index is 1120. The number of carbonyl (C=O) groups is 3. The van der Waals surface area contributed by atoms with Crippen molar-refractivity contribution < 1.29 is 23.5 Å². The average Bonchev–Trinajstić information content (AvgIpc) is 3.07. The van der Waals surface area contributed by atoms with E-state index in [2.05, 4.69) is 15.9 Å². The smallest absolute Gasteiger partial charge is 0.294 e. The van der Waals surface area contributed by atoms with Gasteiger partial charge >= 0.3 is 0 Å². The van der Waals surface area contributed by atoms with Gasteiger partial charge in [0.2, 0.25) is 5.91 Å². The number of rotatable bonds is 6. The van der Waals surface area contributed by atoms with E-state index >= 15 is 0 Å². The maximum atomic E-state index is 13.8. The Labute approximate surface area is 203 Å². The summed E-state index contributed by atoms with van der Waals surface area (Å²) in [6.07, 6.45) is 4.60. The van der Waals surface area contributed by atoms with Crippen LogP contribution in [0, 0.1) is 5.82 Å². The van der Waals surface area contributed by atoms with Crippen LogP contribution in [0.5, 0.6) is 5.75 Å². The summed E-state index contributed by atoms with van der Waals surface area (Å²) >= 11 is 4.26. The first kappa shape index (κ1) is 23.5. The van der Waals surface area contributed by atoms with Gasteiger partial charge in [0.05, 0.1) is 9.38 Å². The van der Waals surface area contributed by atoms with Crippen LogP contribution in [-0.2, 0) is 16.2 Å². The predicted octanol–water partition coefficient (Wildman–Crippen LogP) is 5.22. The number of nitrogens with zero attached hydrogens (tertiary/aromatic N) is 2. The van der Waals surface area contributed by atoms with E-state index in [1.807, 2.05) is 0 Å². The fourth-order valence-corrected chi connectivity index (χ4v) is 5.01. The molecular weight excluding hydrogens is 511 g/mol. The van der Waals surface area contributed by atoms with Crippen LogP contribution in [0.15, 0.2) is 51.8 Å². The Kier molecular flexibility index (Phi) is 7.49. The molecule has 0 unspecified atom stereocenters. The highest BCUT2D eigenvalue weighted by Crippen LogP contribution is 2.34. The fourth-order valence-electron chi connectivity index (χ4n) is 3.66. The molecule has 2 fully saturated rings. The van der Waals surface area contributed by atoms with Crippen LogP contribution in [0.25, 0.3) is 6.08 Å². The molecule has 0 aliphatic carbocycles. The van der Waals surface area contributed by atoms with E-state index in [0.717, 1.165) is 35.9 Å². The molecule has 2 heterocycles. The fraction of sp³-hybridized carbons (Fsp3) is 0.292. The summed E-state index contributed by atoms with van der Waals surface area (Å²) in [5.41, 5.74) is 1.13. The SMILES string of the molecule is O=C(CN1C(=O)S/C(=C\c2ccc(OCc3ccccc3F)c(Br)c2)C1=O)N1CCCCC1. The van der Waals surface area contributed by atoms with E-state index in [0.29, 0.717) is 34.4 Å². The van der Waals surface area contributed by atoms with Crippen LogP contribution in [0.2, 0.25) is 0 Å². The third-order valence-electron chi connectivity index (χ3n) is 5.47. The molecule has 0 N–H and O–H groups in total. The summed E-state index contributed by atoms with van der Waals surface area (Å²) in [6.45, 7) is 1.19. The Morgan fingerprint density at radius 1 is 1.12 bits per heavy atom. The van der Waals surface area contributed by atoms with Crippen LogP contribution < -0.4 is 4.74 Å². The molecule has 0 atom stereocenters. The summed E-state index contributed by atoms with van der Waals surface area (Å²) in [6, 6.07) is 11.6. The van der Waals surface area contributed by atoms with Gasteiger partial charge in [-0.15, -0.1) is 0 Å². The van der Waals surface area contributed by atoms with Gasteiger partial charge in [-0.2, -0.15) is 0 Å². The Hall–Kier alpha value is -2.65. The van der Waals surface area contributed by atoms with Crippen LogP contribution in [0.3, 0.4) is 0 Å². The highest BCUT2D eigenvalue weighted by atomic mass is 79.9. The van der Waals surface area contributed by atoms with Crippen molar-refractivity contribution in [2.24, 2.45) is 0 Å². The number of ether oxygens (including phenoxy) is 1. The van der Waals surface area contributed by atoms with Gasteiger partial charge in [0.25, 0.3) is 11.1 Å². The van der Waals surface area contributed by atoms with E-state index in [9.17, 15) is 18.8 Å². The van der Waals surface area contributed by atoms with Crippen LogP contribution in [-0.4, -0.2) is 46.5 Å². The zero-order valence-electron chi connectivity index (χ0n) is 17.8. The van der Waals surface area contributed by atoms with Crippen molar-refractivity contribution in [2.75, 3.05) is 19.6 Å². The number of halogens is 2. The molecule has 0 spiro atoms. The Balaban J connectivity index is 1.41. The predicted molar refractivity (Wildman–Crippen MR) is 128 cm³/mol. The Morgan fingerprint density at radius 2 is 1.88 bits per heavy atom. The lowest BCUT2D eigenvalue weighted by molar-refractivity contribution is -0.136. The summed E-state index contributed by atoms with van der Waals surface area (Å²) in [4.78, 5) is 40.6. The second-order valence-electron chi connectivity index (χ2n) is 7.78. The zero-order valence-corrected chi connectivity index (χ0v) is 20.2. The van der Waals surface area contributed by atoms with Gasteiger partial charge in [0.15, 0.2) is 0 Å². The second-order valence-corrected chi connectivity index (χ2v) is 9.63. The molecular formula is C24H22BrFN2O4S. The number of hydrogen-bond donors (Lipinski definition) is 0. The minimum absolute atomic E-state index is 0.0779. The molecule has 0 bridgehead atoms. The van der Waals surface area contributed by atoms with E-state index in [-0.39, 0.29) is 29.8 Å². The normalized spacial score (nSPS) is 17.7. The lowest BCUT2D eigenvalue weighted by atomic mass is 10.1. The van der Waals surface area contributed by atoms with E-state index in [1.165, 1.54) is 6.07 Å². The molecule has 33 heavy (non-hydrogen) atoms. The van der Waals surface area contributed by atoms with Crippen molar-refractivity contribution in [2.45, 2.75) is 25.9 Å². The van der Waals surface area contributed by atoms with Gasteiger partial charge in [-0.05, 0) is 76.8 Å². The van der Waals surface area contributed by atoms with Crippen molar-refractivity contribution in [3.8, 4) is 5.75 Å². The van der Waals surface area contributed by atoms with Crippen molar-refractivity contribution in [3.05, 3.63) is 68.8 Å². The third kappa shape index (κ3) is 5.65. The molecule has 2 aliphatic rings. The maximum absolute atomic E-state index is 13.8. The zero-order chi connectivity index (χ0) is 23.4. The topological polar surface area (TPSA) is 66.9 Å². The summed E-state index contributed by atoms with van der Waals surface area (Å²) in [5, 5.41) is -0.444. The molecule has 2 saturated heterocycles. The molecule has 4 rings (SSSR count). The van der Waals surface area contributed by atoms with Gasteiger partial charge in [-0.25, -0.2) is 4.39 Å². The van der Waals surface area contributed by atoms with Crippen molar-refractivity contribution in [1.82, 2.24) is 9.80 Å². The lowest BCUT2D eigenvalue weighted by Crippen LogP contribution is -2.44. The van der Waals surface area contributed by atoms with Crippen molar-refractivity contribution in [1.29, 1.82) is 0 Å². The first-order chi connectivity index (χ1) is 15.9. The number of carbonyl (C=O) groups excluding carboxylic acids is 3. The monoisotopic (exact) mass is 532 g/mol. The number of thioether (sulfide) groups is 1. The van der Waals surface area contributed by atoms with Gasteiger partial charge in [0, 0.05) is 18.7 Å². The molecule has 0 radical (unpaired) electrons. The maximum Gasteiger partial charge on any atom is 0.294 e.